The van der Waals surface area contributed by atoms with Gasteiger partial charge in [0.05, 0.1) is 11.3 Å². The van der Waals surface area contributed by atoms with Gasteiger partial charge in [0.15, 0.2) is 11.5 Å². The third-order valence-electron chi connectivity index (χ3n) is 5.93. The minimum atomic E-state index is -0.524. The maximum Gasteiger partial charge on any atom is 0.257 e. The van der Waals surface area contributed by atoms with Gasteiger partial charge in [0.2, 0.25) is 5.91 Å². The molecule has 150 valence electrons. The molecule has 1 heterocycles. The van der Waals surface area contributed by atoms with E-state index in [0.717, 1.165) is 44.3 Å². The van der Waals surface area contributed by atoms with E-state index in [1.807, 2.05) is 24.3 Å². The van der Waals surface area contributed by atoms with Gasteiger partial charge in [-0.2, -0.15) is 0 Å². The van der Waals surface area contributed by atoms with Gasteiger partial charge in [0.25, 0.3) is 11.7 Å². The number of benzene rings is 2. The Labute approximate surface area is 169 Å². The Morgan fingerprint density at radius 3 is 2.52 bits per heavy atom. The van der Waals surface area contributed by atoms with Crippen molar-refractivity contribution in [3.8, 4) is 11.5 Å². The molecule has 1 N–H and O–H groups in total. The zero-order valence-corrected chi connectivity index (χ0v) is 16.4. The van der Waals surface area contributed by atoms with Crippen LogP contribution in [-0.4, -0.2) is 24.6 Å². The number of carbonyl (C=O) groups is 2. The molecule has 2 aromatic carbocycles. The molecule has 3 aliphatic rings. The molecule has 2 fully saturated rings. The van der Waals surface area contributed by atoms with E-state index in [9.17, 15) is 9.59 Å². The lowest BCUT2D eigenvalue weighted by atomic mass is 10.1. The summed E-state index contributed by atoms with van der Waals surface area (Å²) in [6.45, 7) is 0. The number of para-hydroxylation sites is 1. The maximum absolute atomic E-state index is 13.0. The molecular formula is C23H24N2O4. The van der Waals surface area contributed by atoms with E-state index in [-0.39, 0.29) is 17.7 Å². The first-order chi connectivity index (χ1) is 14.0. The standard InChI is InChI=1S/C23H24N2O4/c1-25(22(27)15-8-9-15)18-7-3-2-6-17(18)21(26)24-16-10-11-19-20(14-16)29-23(28-19)12-4-5-13-23/h2-3,6-7,10-11,14-15H,4-5,8-9,12-13H2,1H3,(H,24,26). The van der Waals surface area contributed by atoms with E-state index in [0.29, 0.717) is 22.7 Å². The van der Waals surface area contributed by atoms with Gasteiger partial charge in [-0.05, 0) is 49.9 Å². The average Bonchev–Trinajstić information content (AvgIpc) is 3.39. The predicted octanol–water partition coefficient (Wildman–Crippen LogP) is 4.35. The summed E-state index contributed by atoms with van der Waals surface area (Å²) in [5, 5.41) is 2.93. The van der Waals surface area contributed by atoms with Gasteiger partial charge in [0.1, 0.15) is 0 Å². The van der Waals surface area contributed by atoms with Crippen molar-refractivity contribution in [1.29, 1.82) is 0 Å². The maximum atomic E-state index is 13.0. The number of carbonyl (C=O) groups excluding carboxylic acids is 2. The van der Waals surface area contributed by atoms with Crippen LogP contribution < -0.4 is 19.7 Å². The largest absolute Gasteiger partial charge is 0.448 e. The van der Waals surface area contributed by atoms with Crippen LogP contribution in [0.5, 0.6) is 11.5 Å². The van der Waals surface area contributed by atoms with Crippen LogP contribution in [-0.2, 0) is 4.79 Å². The molecule has 0 bridgehead atoms. The van der Waals surface area contributed by atoms with Crippen molar-refractivity contribution < 1.29 is 19.1 Å². The van der Waals surface area contributed by atoms with Gasteiger partial charge in [-0.25, -0.2) is 0 Å². The summed E-state index contributed by atoms with van der Waals surface area (Å²) >= 11 is 0. The molecule has 29 heavy (non-hydrogen) atoms. The summed E-state index contributed by atoms with van der Waals surface area (Å²) in [4.78, 5) is 27.0. The Bertz CT molecular complexity index is 977. The first kappa shape index (κ1) is 18.0. The van der Waals surface area contributed by atoms with Crippen molar-refractivity contribution >= 4 is 23.2 Å². The fourth-order valence-electron chi connectivity index (χ4n) is 4.17. The summed E-state index contributed by atoms with van der Waals surface area (Å²) in [6, 6.07) is 12.6. The van der Waals surface area contributed by atoms with Gasteiger partial charge in [-0.1, -0.05) is 12.1 Å². The number of hydrogen-bond acceptors (Lipinski definition) is 4. The molecule has 1 spiro atoms. The van der Waals surface area contributed by atoms with Crippen LogP contribution in [0.2, 0.25) is 0 Å². The first-order valence-electron chi connectivity index (χ1n) is 10.2. The monoisotopic (exact) mass is 392 g/mol. The van der Waals surface area contributed by atoms with Crippen molar-refractivity contribution in [1.82, 2.24) is 0 Å². The minimum absolute atomic E-state index is 0.0650. The summed E-state index contributed by atoms with van der Waals surface area (Å²) in [5.74, 6) is 0.761. The van der Waals surface area contributed by atoms with E-state index in [4.69, 9.17) is 9.47 Å². The van der Waals surface area contributed by atoms with E-state index < -0.39 is 5.79 Å². The number of rotatable bonds is 4. The molecule has 2 aromatic rings. The molecule has 2 amide bonds. The normalized spacial score (nSPS) is 18.7. The Morgan fingerprint density at radius 1 is 1.03 bits per heavy atom. The van der Waals surface area contributed by atoms with Crippen molar-refractivity contribution in [2.24, 2.45) is 5.92 Å². The van der Waals surface area contributed by atoms with Crippen molar-refractivity contribution in [3.05, 3.63) is 48.0 Å². The SMILES string of the molecule is CN(C(=O)C1CC1)c1ccccc1C(=O)Nc1ccc2c(c1)OC1(CCCC1)O2. The average molecular weight is 392 g/mol. The minimum Gasteiger partial charge on any atom is -0.448 e. The Morgan fingerprint density at radius 2 is 1.76 bits per heavy atom. The number of anilines is 2. The zero-order chi connectivity index (χ0) is 20.0. The van der Waals surface area contributed by atoms with Crippen LogP contribution in [0, 0.1) is 5.92 Å². The molecule has 5 rings (SSSR count). The third kappa shape index (κ3) is 3.33. The topological polar surface area (TPSA) is 67.9 Å². The smallest absolute Gasteiger partial charge is 0.257 e. The van der Waals surface area contributed by atoms with Gasteiger partial charge in [0, 0.05) is 37.6 Å². The number of nitrogens with zero attached hydrogens (tertiary/aromatic N) is 1. The van der Waals surface area contributed by atoms with Crippen LogP contribution >= 0.6 is 0 Å². The summed E-state index contributed by atoms with van der Waals surface area (Å²) in [5.41, 5.74) is 1.72. The Balaban J connectivity index is 1.35. The second-order valence-electron chi connectivity index (χ2n) is 8.13. The second kappa shape index (κ2) is 6.79. The van der Waals surface area contributed by atoms with E-state index >= 15 is 0 Å². The van der Waals surface area contributed by atoms with Crippen molar-refractivity contribution in [3.63, 3.8) is 0 Å². The Hall–Kier alpha value is -3.02. The summed E-state index contributed by atoms with van der Waals surface area (Å²) in [6.07, 6.45) is 5.82. The molecule has 0 aromatic heterocycles. The molecule has 0 atom stereocenters. The first-order valence-corrected chi connectivity index (χ1v) is 10.2. The van der Waals surface area contributed by atoms with Crippen LogP contribution in [0.25, 0.3) is 0 Å². The highest BCUT2D eigenvalue weighted by Crippen LogP contribution is 2.47. The van der Waals surface area contributed by atoms with Crippen LogP contribution in [0.1, 0.15) is 48.9 Å². The van der Waals surface area contributed by atoms with Crippen molar-refractivity contribution in [2.75, 3.05) is 17.3 Å². The lowest BCUT2D eigenvalue weighted by Gasteiger charge is -2.21. The van der Waals surface area contributed by atoms with Crippen molar-refractivity contribution in [2.45, 2.75) is 44.3 Å². The Kier molecular flexibility index (Phi) is 4.23. The molecule has 0 radical (unpaired) electrons. The highest BCUT2D eigenvalue weighted by Gasteiger charge is 2.44. The zero-order valence-electron chi connectivity index (χ0n) is 16.4. The lowest BCUT2D eigenvalue weighted by molar-refractivity contribution is -0.119. The van der Waals surface area contributed by atoms with Gasteiger partial charge in [-0.15, -0.1) is 0 Å². The van der Waals surface area contributed by atoms with Crippen LogP contribution in [0.4, 0.5) is 11.4 Å². The molecule has 0 saturated heterocycles. The molecular weight excluding hydrogens is 368 g/mol. The number of fused-ring (bicyclic) bond motifs is 1. The number of hydrogen-bond donors (Lipinski definition) is 1. The number of ether oxygens (including phenoxy) is 2. The molecule has 2 saturated carbocycles. The molecule has 1 aliphatic heterocycles. The molecule has 6 nitrogen and oxygen atoms in total. The third-order valence-corrected chi connectivity index (χ3v) is 5.93. The summed E-state index contributed by atoms with van der Waals surface area (Å²) < 4.78 is 12.1. The quantitative estimate of drug-likeness (QED) is 0.840. The van der Waals surface area contributed by atoms with Crippen LogP contribution in [0.15, 0.2) is 42.5 Å². The fourth-order valence-corrected chi connectivity index (χ4v) is 4.17. The predicted molar refractivity (Wildman–Crippen MR) is 109 cm³/mol. The van der Waals surface area contributed by atoms with Crippen LogP contribution in [0.3, 0.4) is 0 Å². The fraction of sp³-hybridized carbons (Fsp3) is 0.391. The molecule has 6 heteroatoms. The van der Waals surface area contributed by atoms with E-state index in [2.05, 4.69) is 5.32 Å². The van der Waals surface area contributed by atoms with Gasteiger partial charge < -0.3 is 19.7 Å². The number of nitrogens with one attached hydrogen (secondary N) is 1. The highest BCUT2D eigenvalue weighted by atomic mass is 16.7. The lowest BCUT2D eigenvalue weighted by Crippen LogP contribution is -2.34. The molecule has 0 unspecified atom stereocenters. The van der Waals surface area contributed by atoms with E-state index in [1.54, 1.807) is 30.1 Å². The van der Waals surface area contributed by atoms with E-state index in [1.165, 1.54) is 0 Å². The number of amides is 2. The van der Waals surface area contributed by atoms with Gasteiger partial charge in [-0.3, -0.25) is 9.59 Å². The highest BCUT2D eigenvalue weighted by molar-refractivity contribution is 6.11. The summed E-state index contributed by atoms with van der Waals surface area (Å²) in [7, 11) is 1.73. The molecule has 2 aliphatic carbocycles. The second-order valence-corrected chi connectivity index (χ2v) is 8.13. The van der Waals surface area contributed by atoms with Gasteiger partial charge >= 0.3 is 0 Å².